The van der Waals surface area contributed by atoms with E-state index in [4.69, 9.17) is 9.84 Å². The van der Waals surface area contributed by atoms with Crippen molar-refractivity contribution < 1.29 is 23.8 Å². The first-order valence-electron chi connectivity index (χ1n) is 5.08. The van der Waals surface area contributed by atoms with Crippen molar-refractivity contribution in [3.8, 4) is 5.75 Å². The molecule has 0 radical (unpaired) electrons. The van der Waals surface area contributed by atoms with Crippen molar-refractivity contribution in [2.75, 3.05) is 12.4 Å². The highest BCUT2D eigenvalue weighted by atomic mass is 19.1. The van der Waals surface area contributed by atoms with Crippen molar-refractivity contribution in [3.05, 3.63) is 24.0 Å². The maximum absolute atomic E-state index is 13.3. The minimum atomic E-state index is -1.18. The van der Waals surface area contributed by atoms with Gasteiger partial charge in [0.2, 0.25) is 0 Å². The lowest BCUT2D eigenvalue weighted by molar-refractivity contribution is -0.138. The molecule has 0 bridgehead atoms. The van der Waals surface area contributed by atoms with Gasteiger partial charge in [0.05, 0.1) is 12.8 Å². The Morgan fingerprint density at radius 2 is 2.11 bits per heavy atom. The minimum Gasteiger partial charge on any atom is -0.497 e. The zero-order valence-electron chi connectivity index (χ0n) is 9.86. The molecule has 0 fully saturated rings. The average Bonchev–Trinajstić information content (AvgIpc) is 2.31. The molecule has 98 valence electrons. The number of carboxylic acids is 1. The second-order valence-corrected chi connectivity index (χ2v) is 3.50. The third-order valence-corrected chi connectivity index (χ3v) is 2.14. The molecule has 1 atom stereocenters. The maximum Gasteiger partial charge on any atom is 0.325 e. The van der Waals surface area contributed by atoms with Gasteiger partial charge in [-0.05, 0) is 19.1 Å². The SMILES string of the molecule is COc1ccc(F)c(NC(=O)N[C@H](C)C(=O)O)c1. The zero-order chi connectivity index (χ0) is 13.7. The summed E-state index contributed by atoms with van der Waals surface area (Å²) in [6, 6.07) is 1.95. The van der Waals surface area contributed by atoms with E-state index >= 15 is 0 Å². The van der Waals surface area contributed by atoms with E-state index in [-0.39, 0.29) is 5.69 Å². The van der Waals surface area contributed by atoms with E-state index < -0.39 is 23.9 Å². The number of rotatable bonds is 4. The molecule has 1 aromatic rings. The van der Waals surface area contributed by atoms with Crippen LogP contribution in [0.25, 0.3) is 0 Å². The van der Waals surface area contributed by atoms with Gasteiger partial charge in [0.1, 0.15) is 17.6 Å². The lowest BCUT2D eigenvalue weighted by Crippen LogP contribution is -2.41. The number of methoxy groups -OCH3 is 1. The fourth-order valence-corrected chi connectivity index (χ4v) is 1.14. The van der Waals surface area contributed by atoms with E-state index in [1.54, 1.807) is 0 Å². The van der Waals surface area contributed by atoms with Gasteiger partial charge in [-0.1, -0.05) is 0 Å². The van der Waals surface area contributed by atoms with E-state index in [0.717, 1.165) is 6.07 Å². The first-order valence-corrected chi connectivity index (χ1v) is 5.08. The monoisotopic (exact) mass is 256 g/mol. The molecule has 2 amide bonds. The van der Waals surface area contributed by atoms with Gasteiger partial charge in [0.25, 0.3) is 0 Å². The summed E-state index contributed by atoms with van der Waals surface area (Å²) >= 11 is 0. The van der Waals surface area contributed by atoms with Crippen molar-refractivity contribution in [2.45, 2.75) is 13.0 Å². The van der Waals surface area contributed by atoms with Crippen molar-refractivity contribution in [2.24, 2.45) is 0 Å². The van der Waals surface area contributed by atoms with Crippen LogP contribution in [0.5, 0.6) is 5.75 Å². The molecule has 0 unspecified atom stereocenters. The van der Waals surface area contributed by atoms with Crippen LogP contribution in [0.4, 0.5) is 14.9 Å². The molecule has 0 aliphatic heterocycles. The average molecular weight is 256 g/mol. The molecule has 1 rings (SSSR count). The van der Waals surface area contributed by atoms with Gasteiger partial charge in [-0.25, -0.2) is 9.18 Å². The Morgan fingerprint density at radius 1 is 1.44 bits per heavy atom. The van der Waals surface area contributed by atoms with E-state index in [9.17, 15) is 14.0 Å². The van der Waals surface area contributed by atoms with Crippen molar-refractivity contribution >= 4 is 17.7 Å². The topological polar surface area (TPSA) is 87.7 Å². The fourth-order valence-electron chi connectivity index (χ4n) is 1.14. The number of hydrogen-bond donors (Lipinski definition) is 3. The standard InChI is InChI=1S/C11H13FN2O4/c1-6(10(15)16)13-11(17)14-9-5-7(18-2)3-4-8(9)12/h3-6H,1-2H3,(H,15,16)(H2,13,14,17)/t6-/m1/s1. The predicted molar refractivity (Wildman–Crippen MR) is 62.2 cm³/mol. The third-order valence-electron chi connectivity index (χ3n) is 2.14. The van der Waals surface area contributed by atoms with Crippen molar-refractivity contribution in [1.29, 1.82) is 0 Å². The minimum absolute atomic E-state index is 0.0931. The smallest absolute Gasteiger partial charge is 0.325 e. The van der Waals surface area contributed by atoms with Crippen molar-refractivity contribution in [1.82, 2.24) is 5.32 Å². The van der Waals surface area contributed by atoms with Crippen LogP contribution in [-0.4, -0.2) is 30.3 Å². The Balaban J connectivity index is 2.72. The predicted octanol–water partition coefficient (Wildman–Crippen LogP) is 1.43. The molecule has 0 aliphatic rings. The molecule has 6 nitrogen and oxygen atoms in total. The molecule has 7 heteroatoms. The van der Waals surface area contributed by atoms with Gasteiger partial charge in [-0.2, -0.15) is 0 Å². The number of hydrogen-bond acceptors (Lipinski definition) is 3. The number of ether oxygens (including phenoxy) is 1. The summed E-state index contributed by atoms with van der Waals surface area (Å²) in [6.45, 7) is 1.30. The molecule has 0 saturated heterocycles. The largest absolute Gasteiger partial charge is 0.497 e. The van der Waals surface area contributed by atoms with E-state index in [2.05, 4.69) is 10.6 Å². The summed E-state index contributed by atoms with van der Waals surface area (Å²) in [5, 5.41) is 12.9. The third kappa shape index (κ3) is 3.62. The highest BCUT2D eigenvalue weighted by Gasteiger charge is 2.15. The number of anilines is 1. The van der Waals surface area contributed by atoms with Gasteiger partial charge in [0.15, 0.2) is 0 Å². The first kappa shape index (κ1) is 13.8. The molecule has 0 heterocycles. The number of carbonyl (C=O) groups is 2. The number of nitrogens with one attached hydrogen (secondary N) is 2. The summed E-state index contributed by atoms with van der Waals surface area (Å²) in [4.78, 5) is 21.9. The second kappa shape index (κ2) is 5.85. The Kier molecular flexibility index (Phi) is 4.47. The van der Waals surface area contributed by atoms with Crippen LogP contribution in [0.2, 0.25) is 0 Å². The number of urea groups is 1. The number of aliphatic carboxylic acids is 1. The molecule has 1 aromatic carbocycles. The Hall–Kier alpha value is -2.31. The molecular formula is C11H13FN2O4. The van der Waals surface area contributed by atoms with Crippen LogP contribution >= 0.6 is 0 Å². The fraction of sp³-hybridized carbons (Fsp3) is 0.273. The van der Waals surface area contributed by atoms with Gasteiger partial charge >= 0.3 is 12.0 Å². The number of halogens is 1. The number of amides is 2. The van der Waals surface area contributed by atoms with Gasteiger partial charge in [-0.15, -0.1) is 0 Å². The summed E-state index contributed by atoms with van der Waals surface area (Å²) in [5.41, 5.74) is -0.0931. The summed E-state index contributed by atoms with van der Waals surface area (Å²) in [7, 11) is 1.41. The highest BCUT2D eigenvalue weighted by molar-refractivity contribution is 5.92. The summed E-state index contributed by atoms with van der Waals surface area (Å²) < 4.78 is 18.2. The summed E-state index contributed by atoms with van der Waals surface area (Å²) in [6.07, 6.45) is 0. The first-order chi connectivity index (χ1) is 8.43. The van der Waals surface area contributed by atoms with Gasteiger partial charge < -0.3 is 20.5 Å². The van der Waals surface area contributed by atoms with Crippen LogP contribution in [0.1, 0.15) is 6.92 Å². The lowest BCUT2D eigenvalue weighted by Gasteiger charge is -2.11. The molecule has 0 saturated carbocycles. The highest BCUT2D eigenvalue weighted by Crippen LogP contribution is 2.20. The van der Waals surface area contributed by atoms with Crippen LogP contribution in [0.3, 0.4) is 0 Å². The van der Waals surface area contributed by atoms with Crippen LogP contribution in [0.15, 0.2) is 18.2 Å². The van der Waals surface area contributed by atoms with E-state index in [1.807, 2.05) is 0 Å². The van der Waals surface area contributed by atoms with Gasteiger partial charge in [0, 0.05) is 6.07 Å². The van der Waals surface area contributed by atoms with Crippen LogP contribution in [0, 0.1) is 5.82 Å². The lowest BCUT2D eigenvalue weighted by atomic mass is 10.3. The summed E-state index contributed by atoms with van der Waals surface area (Å²) in [5.74, 6) is -1.46. The number of carbonyl (C=O) groups excluding carboxylic acids is 1. The number of benzene rings is 1. The maximum atomic E-state index is 13.3. The van der Waals surface area contributed by atoms with E-state index in [1.165, 1.54) is 26.2 Å². The molecule has 3 N–H and O–H groups in total. The molecule has 18 heavy (non-hydrogen) atoms. The zero-order valence-corrected chi connectivity index (χ0v) is 9.86. The van der Waals surface area contributed by atoms with Crippen molar-refractivity contribution in [3.63, 3.8) is 0 Å². The molecule has 0 aromatic heterocycles. The quantitative estimate of drug-likeness (QED) is 0.760. The number of carboxylic acid groups (broad SMARTS) is 1. The normalized spacial score (nSPS) is 11.5. The van der Waals surface area contributed by atoms with E-state index in [0.29, 0.717) is 5.75 Å². The van der Waals surface area contributed by atoms with Crippen LogP contribution < -0.4 is 15.4 Å². The Bertz CT molecular complexity index is 464. The van der Waals surface area contributed by atoms with Crippen LogP contribution in [-0.2, 0) is 4.79 Å². The Labute approximate surface area is 103 Å². The molecule has 0 spiro atoms. The molecular weight excluding hydrogens is 243 g/mol. The molecule has 0 aliphatic carbocycles. The second-order valence-electron chi connectivity index (χ2n) is 3.50. The van der Waals surface area contributed by atoms with Gasteiger partial charge in [-0.3, -0.25) is 4.79 Å². The Morgan fingerprint density at radius 3 is 2.67 bits per heavy atom.